The number of aliphatic hydroxyl groups excluding tert-OH is 1. The first kappa shape index (κ1) is 8.76. The predicted molar refractivity (Wildman–Crippen MR) is 53.7 cm³/mol. The third-order valence-electron chi connectivity index (χ3n) is 3.34. The summed E-state index contributed by atoms with van der Waals surface area (Å²) >= 11 is 0. The monoisotopic (exact) mass is 176 g/mol. The smallest absolute Gasteiger partial charge is 0.0468 e. The van der Waals surface area contributed by atoms with Gasteiger partial charge in [0.2, 0.25) is 0 Å². The summed E-state index contributed by atoms with van der Waals surface area (Å²) in [6, 6.07) is 8.66. The maximum Gasteiger partial charge on any atom is 0.0468 e. The highest BCUT2D eigenvalue weighted by atomic mass is 16.3. The van der Waals surface area contributed by atoms with Gasteiger partial charge >= 0.3 is 0 Å². The Labute approximate surface area is 79.4 Å². The highest BCUT2D eigenvalue weighted by Gasteiger charge is 2.50. The average Bonchev–Trinajstić information content (AvgIpc) is 2.80. The lowest BCUT2D eigenvalue weighted by atomic mass is 9.95. The van der Waals surface area contributed by atoms with Gasteiger partial charge in [0.25, 0.3) is 0 Å². The van der Waals surface area contributed by atoms with Crippen molar-refractivity contribution in [1.82, 2.24) is 0 Å². The maximum absolute atomic E-state index is 9.06. The van der Waals surface area contributed by atoms with Crippen molar-refractivity contribution >= 4 is 0 Å². The van der Waals surface area contributed by atoms with Crippen LogP contribution in [-0.4, -0.2) is 11.7 Å². The summed E-state index contributed by atoms with van der Waals surface area (Å²) < 4.78 is 0. The van der Waals surface area contributed by atoms with Gasteiger partial charge in [0.1, 0.15) is 0 Å². The number of hydrogen-bond acceptors (Lipinski definition) is 1. The Bertz CT molecular complexity index is 301. The summed E-state index contributed by atoms with van der Waals surface area (Å²) in [5, 5.41) is 9.06. The molecule has 70 valence electrons. The minimum atomic E-state index is 0.252. The maximum atomic E-state index is 9.06. The van der Waals surface area contributed by atoms with Gasteiger partial charge in [-0.15, -0.1) is 0 Å². The van der Waals surface area contributed by atoms with E-state index in [0.29, 0.717) is 12.5 Å². The van der Waals surface area contributed by atoms with Crippen LogP contribution in [0.5, 0.6) is 0 Å². The van der Waals surface area contributed by atoms with Gasteiger partial charge in [-0.05, 0) is 30.2 Å². The van der Waals surface area contributed by atoms with E-state index in [9.17, 15) is 0 Å². The van der Waals surface area contributed by atoms with Gasteiger partial charge in [-0.3, -0.25) is 0 Å². The first-order valence-electron chi connectivity index (χ1n) is 4.85. The summed E-state index contributed by atoms with van der Waals surface area (Å²) in [5.74, 6) is 0.482. The van der Waals surface area contributed by atoms with E-state index in [-0.39, 0.29) is 5.41 Å². The zero-order chi connectivity index (χ0) is 9.47. The van der Waals surface area contributed by atoms with Crippen molar-refractivity contribution in [3.63, 3.8) is 0 Å². The van der Waals surface area contributed by atoms with E-state index in [1.165, 1.54) is 11.1 Å². The van der Waals surface area contributed by atoms with Crippen LogP contribution in [0, 0.1) is 12.8 Å². The van der Waals surface area contributed by atoms with E-state index in [4.69, 9.17) is 5.11 Å². The first-order valence-corrected chi connectivity index (χ1v) is 4.85. The molecule has 1 aliphatic carbocycles. The molecule has 13 heavy (non-hydrogen) atoms. The molecule has 2 atom stereocenters. The molecule has 1 aromatic rings. The normalized spacial score (nSPS) is 31.8. The SMILES string of the molecule is Cc1ccc([C@]2(C)CC2CO)cc1. The molecule has 1 aliphatic rings. The highest BCUT2D eigenvalue weighted by Crippen LogP contribution is 2.53. The third kappa shape index (κ3) is 1.37. The summed E-state index contributed by atoms with van der Waals surface area (Å²) in [6.07, 6.45) is 1.13. The largest absolute Gasteiger partial charge is 0.396 e. The Morgan fingerprint density at radius 3 is 2.46 bits per heavy atom. The van der Waals surface area contributed by atoms with Crippen molar-refractivity contribution in [2.75, 3.05) is 6.61 Å². The van der Waals surface area contributed by atoms with Crippen molar-refractivity contribution in [3.8, 4) is 0 Å². The van der Waals surface area contributed by atoms with Crippen molar-refractivity contribution < 1.29 is 5.11 Å². The van der Waals surface area contributed by atoms with E-state index in [0.717, 1.165) is 6.42 Å². The minimum Gasteiger partial charge on any atom is -0.396 e. The molecule has 0 spiro atoms. The zero-order valence-electron chi connectivity index (χ0n) is 8.25. The van der Waals surface area contributed by atoms with E-state index in [1.54, 1.807) is 0 Å². The summed E-state index contributed by atoms with van der Waals surface area (Å²) in [5.41, 5.74) is 2.92. The number of benzene rings is 1. The van der Waals surface area contributed by atoms with Gasteiger partial charge in [0.15, 0.2) is 0 Å². The number of rotatable bonds is 2. The molecule has 1 fully saturated rings. The number of aliphatic hydroxyl groups is 1. The van der Waals surface area contributed by atoms with Crippen LogP contribution in [0.15, 0.2) is 24.3 Å². The Hall–Kier alpha value is -0.820. The van der Waals surface area contributed by atoms with E-state index in [1.807, 2.05) is 0 Å². The molecule has 1 aromatic carbocycles. The highest BCUT2D eigenvalue weighted by molar-refractivity contribution is 5.34. The number of aryl methyl sites for hydroxylation is 1. The van der Waals surface area contributed by atoms with E-state index < -0.39 is 0 Å². The van der Waals surface area contributed by atoms with Crippen LogP contribution in [0.4, 0.5) is 0 Å². The van der Waals surface area contributed by atoms with Crippen LogP contribution in [0.3, 0.4) is 0 Å². The zero-order valence-corrected chi connectivity index (χ0v) is 8.25. The molecule has 0 radical (unpaired) electrons. The van der Waals surface area contributed by atoms with Crippen molar-refractivity contribution in [1.29, 1.82) is 0 Å². The van der Waals surface area contributed by atoms with Gasteiger partial charge in [-0.2, -0.15) is 0 Å². The molecule has 1 nitrogen and oxygen atoms in total. The Morgan fingerprint density at radius 2 is 2.00 bits per heavy atom. The van der Waals surface area contributed by atoms with Crippen molar-refractivity contribution in [2.45, 2.75) is 25.7 Å². The molecule has 0 aliphatic heterocycles. The Kier molecular flexibility index (Phi) is 1.92. The molecule has 0 saturated heterocycles. The molecule has 1 heteroatoms. The van der Waals surface area contributed by atoms with E-state index >= 15 is 0 Å². The minimum absolute atomic E-state index is 0.252. The first-order chi connectivity index (χ1) is 6.16. The predicted octanol–water partition coefficient (Wildman–Crippen LogP) is 2.26. The molecule has 2 rings (SSSR count). The molecule has 1 unspecified atom stereocenters. The molecular formula is C12H16O. The quantitative estimate of drug-likeness (QED) is 0.733. The second kappa shape index (κ2) is 2.85. The van der Waals surface area contributed by atoms with Gasteiger partial charge in [0, 0.05) is 6.61 Å². The summed E-state index contributed by atoms with van der Waals surface area (Å²) in [7, 11) is 0. The van der Waals surface area contributed by atoms with Gasteiger partial charge in [-0.25, -0.2) is 0 Å². The molecule has 1 N–H and O–H groups in total. The molecule has 0 bridgehead atoms. The summed E-state index contributed by atoms with van der Waals surface area (Å²) in [6.45, 7) is 4.66. The fourth-order valence-electron chi connectivity index (χ4n) is 2.01. The second-order valence-corrected chi connectivity index (χ2v) is 4.37. The van der Waals surface area contributed by atoms with Gasteiger partial charge in [0.05, 0.1) is 0 Å². The molecule has 1 saturated carbocycles. The van der Waals surface area contributed by atoms with Gasteiger partial charge in [-0.1, -0.05) is 36.8 Å². The van der Waals surface area contributed by atoms with Crippen LogP contribution in [-0.2, 0) is 5.41 Å². The lowest BCUT2D eigenvalue weighted by Crippen LogP contribution is -2.06. The van der Waals surface area contributed by atoms with Crippen LogP contribution in [0.25, 0.3) is 0 Å². The molecular weight excluding hydrogens is 160 g/mol. The van der Waals surface area contributed by atoms with E-state index in [2.05, 4.69) is 38.1 Å². The average molecular weight is 176 g/mol. The molecule has 0 heterocycles. The number of hydrogen-bond donors (Lipinski definition) is 1. The second-order valence-electron chi connectivity index (χ2n) is 4.37. The lowest BCUT2D eigenvalue weighted by molar-refractivity contribution is 0.265. The van der Waals surface area contributed by atoms with Crippen LogP contribution >= 0.6 is 0 Å². The molecule has 0 aromatic heterocycles. The third-order valence-corrected chi connectivity index (χ3v) is 3.34. The van der Waals surface area contributed by atoms with Crippen molar-refractivity contribution in [3.05, 3.63) is 35.4 Å². The fourth-order valence-corrected chi connectivity index (χ4v) is 2.01. The Morgan fingerprint density at radius 1 is 1.38 bits per heavy atom. The Balaban J connectivity index is 2.23. The van der Waals surface area contributed by atoms with Crippen LogP contribution < -0.4 is 0 Å². The standard InChI is InChI=1S/C12H16O/c1-9-3-5-10(6-4-9)12(2)7-11(12)8-13/h3-6,11,13H,7-8H2,1-2H3/t11?,12-/m0/s1. The topological polar surface area (TPSA) is 20.2 Å². The summed E-state index contributed by atoms with van der Waals surface area (Å²) in [4.78, 5) is 0. The fraction of sp³-hybridized carbons (Fsp3) is 0.500. The van der Waals surface area contributed by atoms with Crippen LogP contribution in [0.2, 0.25) is 0 Å². The van der Waals surface area contributed by atoms with Crippen molar-refractivity contribution in [2.24, 2.45) is 5.92 Å². The van der Waals surface area contributed by atoms with Crippen LogP contribution in [0.1, 0.15) is 24.5 Å². The molecule has 0 amide bonds. The lowest BCUT2D eigenvalue weighted by Gasteiger charge is -2.10. The van der Waals surface area contributed by atoms with Gasteiger partial charge < -0.3 is 5.11 Å².